The van der Waals surface area contributed by atoms with E-state index in [0.29, 0.717) is 11.7 Å². The van der Waals surface area contributed by atoms with Crippen molar-refractivity contribution in [2.24, 2.45) is 0 Å². The van der Waals surface area contributed by atoms with Crippen LogP contribution in [0, 0.1) is 0 Å². The highest BCUT2D eigenvalue weighted by Gasteiger charge is 2.09. The van der Waals surface area contributed by atoms with E-state index in [1.807, 2.05) is 16.9 Å². The van der Waals surface area contributed by atoms with Gasteiger partial charge >= 0.3 is 5.69 Å². The maximum absolute atomic E-state index is 11.6. The molecule has 0 bridgehead atoms. The Labute approximate surface area is 110 Å². The van der Waals surface area contributed by atoms with Gasteiger partial charge in [0.05, 0.1) is 18.3 Å². The number of aromatic nitrogens is 4. The van der Waals surface area contributed by atoms with E-state index in [2.05, 4.69) is 23.9 Å². The molecule has 0 fully saturated rings. The summed E-state index contributed by atoms with van der Waals surface area (Å²) >= 11 is 0. The Balaban J connectivity index is 2.25. The van der Waals surface area contributed by atoms with Gasteiger partial charge in [-0.25, -0.2) is 4.79 Å². The van der Waals surface area contributed by atoms with E-state index in [-0.39, 0.29) is 12.1 Å². The quantitative estimate of drug-likeness (QED) is 0.878. The molecule has 2 aromatic rings. The smallest absolute Gasteiger partial charge is 0.314 e. The largest absolute Gasteiger partial charge is 0.328 e. The lowest BCUT2D eigenvalue weighted by Gasteiger charge is -2.12. The molecule has 2 aromatic heterocycles. The van der Waals surface area contributed by atoms with E-state index in [0.717, 1.165) is 17.4 Å². The van der Waals surface area contributed by atoms with E-state index in [4.69, 9.17) is 0 Å². The standard InChI is InChI=1S/C13H18N4O2/c1-3-11(4-2)17-8-6-10(15-17)9-16-12(18)5-7-14-13(16)19/h5-8,11H,3-4,9H2,1-2H3,(H,14,19). The molecule has 0 aliphatic heterocycles. The lowest BCUT2D eigenvalue weighted by molar-refractivity contribution is 0.424. The number of nitrogens with one attached hydrogen (secondary N) is 1. The normalized spacial score (nSPS) is 11.1. The van der Waals surface area contributed by atoms with Crippen LogP contribution >= 0.6 is 0 Å². The van der Waals surface area contributed by atoms with Crippen molar-refractivity contribution in [3.8, 4) is 0 Å². The van der Waals surface area contributed by atoms with Gasteiger partial charge in [-0.3, -0.25) is 14.0 Å². The average Bonchev–Trinajstić information content (AvgIpc) is 2.84. The van der Waals surface area contributed by atoms with Crippen LogP contribution in [0.3, 0.4) is 0 Å². The van der Waals surface area contributed by atoms with Crippen molar-refractivity contribution >= 4 is 0 Å². The molecule has 0 atom stereocenters. The summed E-state index contributed by atoms with van der Waals surface area (Å²) in [4.78, 5) is 25.7. The minimum atomic E-state index is -0.412. The van der Waals surface area contributed by atoms with Gasteiger partial charge in [-0.05, 0) is 18.9 Å². The molecule has 1 N–H and O–H groups in total. The molecule has 2 rings (SSSR count). The lowest BCUT2D eigenvalue weighted by Crippen LogP contribution is -2.34. The topological polar surface area (TPSA) is 72.7 Å². The Morgan fingerprint density at radius 1 is 1.26 bits per heavy atom. The highest BCUT2D eigenvalue weighted by molar-refractivity contribution is 5.01. The molecule has 2 heterocycles. The highest BCUT2D eigenvalue weighted by atomic mass is 16.2. The maximum Gasteiger partial charge on any atom is 0.328 e. The molecule has 0 aromatic carbocycles. The first-order chi connectivity index (χ1) is 9.15. The Morgan fingerprint density at radius 3 is 2.63 bits per heavy atom. The number of H-pyrrole nitrogens is 1. The minimum Gasteiger partial charge on any atom is -0.314 e. The van der Waals surface area contributed by atoms with Gasteiger partial charge in [-0.1, -0.05) is 13.8 Å². The first-order valence-electron chi connectivity index (χ1n) is 6.48. The van der Waals surface area contributed by atoms with Crippen LogP contribution in [-0.4, -0.2) is 19.3 Å². The van der Waals surface area contributed by atoms with E-state index >= 15 is 0 Å². The predicted octanol–water partition coefficient (Wildman–Crippen LogP) is 1.14. The molecule has 0 radical (unpaired) electrons. The molecule has 0 amide bonds. The van der Waals surface area contributed by atoms with Crippen molar-refractivity contribution in [3.63, 3.8) is 0 Å². The SMILES string of the molecule is CCC(CC)n1ccc(Cn2c(=O)cc[nH]c2=O)n1. The molecule has 0 aliphatic carbocycles. The highest BCUT2D eigenvalue weighted by Crippen LogP contribution is 2.14. The second-order valence-corrected chi connectivity index (χ2v) is 4.46. The van der Waals surface area contributed by atoms with Crippen LogP contribution in [0.25, 0.3) is 0 Å². The van der Waals surface area contributed by atoms with E-state index in [1.54, 1.807) is 0 Å². The summed E-state index contributed by atoms with van der Waals surface area (Å²) in [5, 5.41) is 4.43. The minimum absolute atomic E-state index is 0.197. The molecular formula is C13H18N4O2. The molecule has 0 unspecified atom stereocenters. The van der Waals surface area contributed by atoms with Crippen LogP contribution in [0.4, 0.5) is 0 Å². The fourth-order valence-corrected chi connectivity index (χ4v) is 2.09. The summed E-state index contributed by atoms with van der Waals surface area (Å²) < 4.78 is 3.04. The molecule has 102 valence electrons. The van der Waals surface area contributed by atoms with Crippen molar-refractivity contribution in [3.05, 3.63) is 51.1 Å². The van der Waals surface area contributed by atoms with Crippen LogP contribution < -0.4 is 11.2 Å². The van der Waals surface area contributed by atoms with Crippen LogP contribution in [0.15, 0.2) is 34.1 Å². The van der Waals surface area contributed by atoms with Crippen molar-refractivity contribution < 1.29 is 0 Å². The Bertz CT molecular complexity index is 621. The molecule has 6 heteroatoms. The Morgan fingerprint density at radius 2 is 2.00 bits per heavy atom. The summed E-state index contributed by atoms with van der Waals surface area (Å²) in [6, 6.07) is 3.54. The van der Waals surface area contributed by atoms with E-state index in [9.17, 15) is 9.59 Å². The van der Waals surface area contributed by atoms with Gasteiger partial charge in [-0.2, -0.15) is 5.10 Å². The third-order valence-corrected chi connectivity index (χ3v) is 3.24. The first-order valence-corrected chi connectivity index (χ1v) is 6.48. The van der Waals surface area contributed by atoms with Gasteiger partial charge in [0.2, 0.25) is 0 Å². The molecule has 0 aliphatic rings. The third kappa shape index (κ3) is 2.83. The summed E-state index contributed by atoms with van der Waals surface area (Å²) in [7, 11) is 0. The maximum atomic E-state index is 11.6. The summed E-state index contributed by atoms with van der Waals surface area (Å²) in [6.07, 6.45) is 5.26. The van der Waals surface area contributed by atoms with Gasteiger partial charge in [0.25, 0.3) is 5.56 Å². The van der Waals surface area contributed by atoms with Crippen molar-refractivity contribution in [2.45, 2.75) is 39.3 Å². The molecule has 19 heavy (non-hydrogen) atoms. The zero-order valence-corrected chi connectivity index (χ0v) is 11.2. The predicted molar refractivity (Wildman–Crippen MR) is 72.3 cm³/mol. The monoisotopic (exact) mass is 262 g/mol. The van der Waals surface area contributed by atoms with Crippen LogP contribution in [0.1, 0.15) is 38.4 Å². The van der Waals surface area contributed by atoms with Gasteiger partial charge in [-0.15, -0.1) is 0 Å². The molecule has 0 spiro atoms. The van der Waals surface area contributed by atoms with Crippen LogP contribution in [-0.2, 0) is 6.54 Å². The fourth-order valence-electron chi connectivity index (χ4n) is 2.09. The summed E-state index contributed by atoms with van der Waals surface area (Å²) in [5.41, 5.74) is -0.0175. The van der Waals surface area contributed by atoms with Crippen LogP contribution in [0.2, 0.25) is 0 Å². The average molecular weight is 262 g/mol. The van der Waals surface area contributed by atoms with Crippen molar-refractivity contribution in [1.82, 2.24) is 19.3 Å². The number of rotatable bonds is 5. The summed E-state index contributed by atoms with van der Waals surface area (Å²) in [6.45, 7) is 4.42. The third-order valence-electron chi connectivity index (χ3n) is 3.24. The van der Waals surface area contributed by atoms with Crippen molar-refractivity contribution in [1.29, 1.82) is 0 Å². The number of aromatic amines is 1. The molecule has 0 saturated heterocycles. The van der Waals surface area contributed by atoms with E-state index < -0.39 is 5.69 Å². The van der Waals surface area contributed by atoms with Gasteiger partial charge in [0.15, 0.2) is 0 Å². The first kappa shape index (κ1) is 13.3. The zero-order valence-electron chi connectivity index (χ0n) is 11.2. The number of hydrogen-bond donors (Lipinski definition) is 1. The van der Waals surface area contributed by atoms with Crippen molar-refractivity contribution in [2.75, 3.05) is 0 Å². The second kappa shape index (κ2) is 5.69. The summed E-state index contributed by atoms with van der Waals surface area (Å²) in [5.74, 6) is 0. The molecule has 6 nitrogen and oxygen atoms in total. The number of nitrogens with zero attached hydrogens (tertiary/aromatic N) is 3. The fraction of sp³-hybridized carbons (Fsp3) is 0.462. The molecular weight excluding hydrogens is 244 g/mol. The van der Waals surface area contributed by atoms with Crippen LogP contribution in [0.5, 0.6) is 0 Å². The Kier molecular flexibility index (Phi) is 3.99. The van der Waals surface area contributed by atoms with Gasteiger partial charge in [0, 0.05) is 18.5 Å². The van der Waals surface area contributed by atoms with Gasteiger partial charge < -0.3 is 4.98 Å². The van der Waals surface area contributed by atoms with E-state index in [1.165, 1.54) is 12.3 Å². The number of hydrogen-bond acceptors (Lipinski definition) is 3. The molecule has 0 saturated carbocycles. The van der Waals surface area contributed by atoms with Gasteiger partial charge in [0.1, 0.15) is 0 Å². The second-order valence-electron chi connectivity index (χ2n) is 4.46. The Hall–Kier alpha value is -2.11. The zero-order chi connectivity index (χ0) is 13.8. The lowest BCUT2D eigenvalue weighted by atomic mass is 10.2.